The molecular formula is C11H17BrClFN2. The molecule has 0 amide bonds. The van der Waals surface area contributed by atoms with E-state index in [1.165, 1.54) is 0 Å². The Morgan fingerprint density at radius 2 is 2.06 bits per heavy atom. The van der Waals surface area contributed by atoms with E-state index in [1.807, 2.05) is 0 Å². The molecule has 92 valence electrons. The Bertz CT molecular complexity index is 347. The van der Waals surface area contributed by atoms with Gasteiger partial charge >= 0.3 is 0 Å². The van der Waals surface area contributed by atoms with Gasteiger partial charge in [-0.15, -0.1) is 12.4 Å². The van der Waals surface area contributed by atoms with E-state index in [-0.39, 0.29) is 24.3 Å². The van der Waals surface area contributed by atoms with E-state index < -0.39 is 0 Å². The molecule has 0 saturated carbocycles. The summed E-state index contributed by atoms with van der Waals surface area (Å²) in [4.78, 5) is 0. The van der Waals surface area contributed by atoms with Gasteiger partial charge in [-0.2, -0.15) is 0 Å². The average molecular weight is 312 g/mol. The third-order valence-corrected chi connectivity index (χ3v) is 2.82. The summed E-state index contributed by atoms with van der Waals surface area (Å²) in [5, 5.41) is 0. The van der Waals surface area contributed by atoms with Crippen LogP contribution in [-0.2, 0) is 0 Å². The van der Waals surface area contributed by atoms with Gasteiger partial charge in [-0.05, 0) is 44.0 Å². The standard InChI is InChI=1S/C11H16BrFN2.ClH/c1-7-5-8(12)6-9(11(7)13)10(15)3-2-4-14;/h5-6,10H,2-4,14-15H2,1H3;1H/t10-;/m0./s1. The van der Waals surface area contributed by atoms with Crippen molar-refractivity contribution in [3.8, 4) is 0 Å². The van der Waals surface area contributed by atoms with Crippen LogP contribution in [0.4, 0.5) is 4.39 Å². The largest absolute Gasteiger partial charge is 0.330 e. The summed E-state index contributed by atoms with van der Waals surface area (Å²) < 4.78 is 14.6. The molecule has 0 fully saturated rings. The highest BCUT2D eigenvalue weighted by molar-refractivity contribution is 9.10. The predicted octanol–water partition coefficient (Wildman–Crippen LogP) is 3.06. The van der Waals surface area contributed by atoms with Gasteiger partial charge in [0.2, 0.25) is 0 Å². The van der Waals surface area contributed by atoms with Crippen molar-refractivity contribution < 1.29 is 4.39 Å². The number of hydrogen-bond acceptors (Lipinski definition) is 2. The van der Waals surface area contributed by atoms with Crippen molar-refractivity contribution in [3.05, 3.63) is 33.5 Å². The second-order valence-corrected chi connectivity index (χ2v) is 4.58. The zero-order chi connectivity index (χ0) is 11.4. The Morgan fingerprint density at radius 1 is 1.44 bits per heavy atom. The number of rotatable bonds is 4. The molecule has 0 aliphatic rings. The summed E-state index contributed by atoms with van der Waals surface area (Å²) in [6, 6.07) is 3.21. The lowest BCUT2D eigenvalue weighted by Gasteiger charge is -2.14. The molecule has 1 rings (SSSR count). The molecule has 0 heterocycles. The Labute approximate surface area is 110 Å². The summed E-state index contributed by atoms with van der Waals surface area (Å²) in [6.45, 7) is 2.32. The highest BCUT2D eigenvalue weighted by atomic mass is 79.9. The topological polar surface area (TPSA) is 52.0 Å². The molecule has 0 unspecified atom stereocenters. The highest BCUT2D eigenvalue weighted by Crippen LogP contribution is 2.25. The van der Waals surface area contributed by atoms with Crippen LogP contribution in [-0.4, -0.2) is 6.54 Å². The quantitative estimate of drug-likeness (QED) is 0.898. The molecule has 1 aromatic rings. The minimum Gasteiger partial charge on any atom is -0.330 e. The van der Waals surface area contributed by atoms with Crippen molar-refractivity contribution in [3.63, 3.8) is 0 Å². The Balaban J connectivity index is 0.00000225. The smallest absolute Gasteiger partial charge is 0.130 e. The van der Waals surface area contributed by atoms with Gasteiger partial charge in [-0.1, -0.05) is 15.9 Å². The maximum absolute atomic E-state index is 13.7. The van der Waals surface area contributed by atoms with Gasteiger partial charge in [0.1, 0.15) is 5.82 Å². The minimum atomic E-state index is -0.273. The van der Waals surface area contributed by atoms with E-state index in [0.717, 1.165) is 10.9 Å². The van der Waals surface area contributed by atoms with Gasteiger partial charge < -0.3 is 11.5 Å². The Hall–Kier alpha value is -0.160. The van der Waals surface area contributed by atoms with Gasteiger partial charge in [0.25, 0.3) is 0 Å². The van der Waals surface area contributed by atoms with Crippen molar-refractivity contribution in [2.75, 3.05) is 6.54 Å². The number of aryl methyl sites for hydroxylation is 1. The summed E-state index contributed by atoms with van der Waals surface area (Å²) in [7, 11) is 0. The molecule has 1 aromatic carbocycles. The van der Waals surface area contributed by atoms with E-state index in [0.29, 0.717) is 24.1 Å². The lowest BCUT2D eigenvalue weighted by atomic mass is 10.0. The van der Waals surface area contributed by atoms with Crippen molar-refractivity contribution in [2.45, 2.75) is 25.8 Å². The predicted molar refractivity (Wildman–Crippen MR) is 71.3 cm³/mol. The number of benzene rings is 1. The lowest BCUT2D eigenvalue weighted by molar-refractivity contribution is 0.548. The van der Waals surface area contributed by atoms with E-state index >= 15 is 0 Å². The zero-order valence-corrected chi connectivity index (χ0v) is 11.6. The van der Waals surface area contributed by atoms with Crippen LogP contribution in [0.5, 0.6) is 0 Å². The van der Waals surface area contributed by atoms with Crippen LogP contribution in [0.1, 0.15) is 30.0 Å². The molecule has 0 bridgehead atoms. The maximum Gasteiger partial charge on any atom is 0.130 e. The monoisotopic (exact) mass is 310 g/mol. The fraction of sp³-hybridized carbons (Fsp3) is 0.455. The van der Waals surface area contributed by atoms with Gasteiger partial charge in [-0.3, -0.25) is 0 Å². The number of halogens is 3. The van der Waals surface area contributed by atoms with Crippen LogP contribution in [0.15, 0.2) is 16.6 Å². The summed E-state index contributed by atoms with van der Waals surface area (Å²) in [5.74, 6) is -0.206. The molecule has 0 radical (unpaired) electrons. The normalized spacial score (nSPS) is 12.1. The van der Waals surface area contributed by atoms with Crippen LogP contribution in [0.3, 0.4) is 0 Å². The molecule has 0 aromatic heterocycles. The van der Waals surface area contributed by atoms with E-state index in [9.17, 15) is 4.39 Å². The van der Waals surface area contributed by atoms with Crippen molar-refractivity contribution in [2.24, 2.45) is 11.5 Å². The summed E-state index contributed by atoms with van der Waals surface area (Å²) >= 11 is 3.34. The average Bonchev–Trinajstić information content (AvgIpc) is 2.19. The fourth-order valence-corrected chi connectivity index (χ4v) is 2.10. The van der Waals surface area contributed by atoms with Crippen LogP contribution < -0.4 is 11.5 Å². The molecule has 0 aliphatic heterocycles. The molecule has 0 spiro atoms. The van der Waals surface area contributed by atoms with Crippen LogP contribution in [0.25, 0.3) is 0 Å². The Morgan fingerprint density at radius 3 is 2.62 bits per heavy atom. The van der Waals surface area contributed by atoms with Gasteiger partial charge in [0, 0.05) is 16.1 Å². The van der Waals surface area contributed by atoms with Crippen molar-refractivity contribution in [1.29, 1.82) is 0 Å². The number of hydrogen-bond donors (Lipinski definition) is 2. The second kappa shape index (κ2) is 7.22. The lowest BCUT2D eigenvalue weighted by Crippen LogP contribution is -2.14. The maximum atomic E-state index is 13.7. The van der Waals surface area contributed by atoms with Gasteiger partial charge in [0.15, 0.2) is 0 Å². The van der Waals surface area contributed by atoms with Crippen LogP contribution in [0, 0.1) is 12.7 Å². The first-order valence-electron chi connectivity index (χ1n) is 4.97. The zero-order valence-electron chi connectivity index (χ0n) is 9.17. The van der Waals surface area contributed by atoms with Crippen molar-refractivity contribution >= 4 is 28.3 Å². The molecule has 0 saturated heterocycles. The Kier molecular flexibility index (Phi) is 7.15. The highest BCUT2D eigenvalue weighted by Gasteiger charge is 2.13. The SMILES string of the molecule is Cc1cc(Br)cc([C@@H](N)CCCN)c1F.Cl. The van der Waals surface area contributed by atoms with Crippen LogP contribution >= 0.6 is 28.3 Å². The molecular weight excluding hydrogens is 294 g/mol. The third-order valence-electron chi connectivity index (χ3n) is 2.37. The second-order valence-electron chi connectivity index (χ2n) is 3.66. The minimum absolute atomic E-state index is 0. The van der Waals surface area contributed by atoms with E-state index in [2.05, 4.69) is 15.9 Å². The van der Waals surface area contributed by atoms with Crippen molar-refractivity contribution in [1.82, 2.24) is 0 Å². The van der Waals surface area contributed by atoms with Gasteiger partial charge in [-0.25, -0.2) is 4.39 Å². The number of nitrogens with two attached hydrogens (primary N) is 2. The van der Waals surface area contributed by atoms with Gasteiger partial charge in [0.05, 0.1) is 0 Å². The van der Waals surface area contributed by atoms with E-state index in [4.69, 9.17) is 11.5 Å². The first-order chi connectivity index (χ1) is 7.06. The van der Waals surface area contributed by atoms with Crippen LogP contribution in [0.2, 0.25) is 0 Å². The first-order valence-corrected chi connectivity index (χ1v) is 5.76. The molecule has 4 N–H and O–H groups in total. The molecule has 1 atom stereocenters. The third kappa shape index (κ3) is 4.01. The fourth-order valence-electron chi connectivity index (χ4n) is 1.51. The molecule has 16 heavy (non-hydrogen) atoms. The molecule has 0 aliphatic carbocycles. The molecule has 2 nitrogen and oxygen atoms in total. The summed E-state index contributed by atoms with van der Waals surface area (Å²) in [6.07, 6.45) is 1.52. The van der Waals surface area contributed by atoms with E-state index in [1.54, 1.807) is 19.1 Å². The summed E-state index contributed by atoms with van der Waals surface area (Å²) in [5.41, 5.74) is 12.5. The first kappa shape index (κ1) is 15.8. The molecule has 5 heteroatoms.